The third-order valence-electron chi connectivity index (χ3n) is 3.40. The van der Waals surface area contributed by atoms with Gasteiger partial charge in [0.2, 0.25) is 5.28 Å². The SMILES string of the molecule is C[C@H](NC(=O)c1ccc2nc(Cl)[nH]c2c1)C1CC1. The molecule has 2 aromatic rings. The van der Waals surface area contributed by atoms with E-state index in [0.29, 0.717) is 16.8 Å². The number of amides is 1. The summed E-state index contributed by atoms with van der Waals surface area (Å²) in [7, 11) is 0. The molecule has 1 aliphatic rings. The third-order valence-corrected chi connectivity index (χ3v) is 3.58. The molecule has 1 amide bonds. The first-order valence-electron chi connectivity index (χ1n) is 6.09. The molecule has 1 aromatic heterocycles. The molecule has 94 valence electrons. The Morgan fingerprint density at radius 3 is 3.06 bits per heavy atom. The molecule has 3 rings (SSSR count). The van der Waals surface area contributed by atoms with Crippen molar-refractivity contribution in [3.05, 3.63) is 29.0 Å². The zero-order valence-corrected chi connectivity index (χ0v) is 10.8. The number of carbonyl (C=O) groups excluding carboxylic acids is 1. The lowest BCUT2D eigenvalue weighted by molar-refractivity contribution is 0.0936. The summed E-state index contributed by atoms with van der Waals surface area (Å²) >= 11 is 5.78. The Morgan fingerprint density at radius 2 is 2.33 bits per heavy atom. The van der Waals surface area contributed by atoms with Crippen molar-refractivity contribution in [3.8, 4) is 0 Å². The third kappa shape index (κ3) is 2.20. The van der Waals surface area contributed by atoms with Gasteiger partial charge in [-0.3, -0.25) is 4.79 Å². The number of halogens is 1. The number of fused-ring (bicyclic) bond motifs is 1. The second-order valence-electron chi connectivity index (χ2n) is 4.86. The number of H-pyrrole nitrogens is 1. The van der Waals surface area contributed by atoms with Gasteiger partial charge in [-0.05, 0) is 55.5 Å². The summed E-state index contributed by atoms with van der Waals surface area (Å²) in [5.41, 5.74) is 2.19. The normalized spacial score (nSPS) is 16.8. The van der Waals surface area contributed by atoms with Crippen molar-refractivity contribution in [2.24, 2.45) is 5.92 Å². The number of hydrogen-bond donors (Lipinski definition) is 2. The molecule has 18 heavy (non-hydrogen) atoms. The summed E-state index contributed by atoms with van der Waals surface area (Å²) in [5.74, 6) is 0.612. The standard InChI is InChI=1S/C13H14ClN3O/c1-7(8-2-3-8)15-12(18)9-4-5-10-11(6-9)17-13(14)16-10/h4-8H,2-3H2,1H3,(H,15,18)(H,16,17)/t7-/m0/s1. The average Bonchev–Trinajstić information content (AvgIpc) is 3.10. The molecule has 0 radical (unpaired) electrons. The Morgan fingerprint density at radius 1 is 1.56 bits per heavy atom. The summed E-state index contributed by atoms with van der Waals surface area (Å²) in [6.07, 6.45) is 2.44. The number of nitrogens with zero attached hydrogens (tertiary/aromatic N) is 1. The second kappa shape index (κ2) is 4.28. The van der Waals surface area contributed by atoms with Crippen LogP contribution in [0.2, 0.25) is 5.28 Å². The van der Waals surface area contributed by atoms with E-state index < -0.39 is 0 Å². The van der Waals surface area contributed by atoms with Gasteiger partial charge in [-0.25, -0.2) is 4.98 Å². The van der Waals surface area contributed by atoms with E-state index in [4.69, 9.17) is 11.6 Å². The van der Waals surface area contributed by atoms with Crippen molar-refractivity contribution in [3.63, 3.8) is 0 Å². The van der Waals surface area contributed by atoms with Crippen LogP contribution in [0.4, 0.5) is 0 Å². The van der Waals surface area contributed by atoms with Gasteiger partial charge >= 0.3 is 0 Å². The molecule has 0 aliphatic heterocycles. The first-order chi connectivity index (χ1) is 8.63. The molecule has 1 saturated carbocycles. The van der Waals surface area contributed by atoms with Gasteiger partial charge in [0.25, 0.3) is 5.91 Å². The number of rotatable bonds is 3. The molecule has 4 nitrogen and oxygen atoms in total. The summed E-state index contributed by atoms with van der Waals surface area (Å²) in [6.45, 7) is 2.06. The van der Waals surface area contributed by atoms with E-state index >= 15 is 0 Å². The lowest BCUT2D eigenvalue weighted by atomic mass is 10.1. The molecule has 1 heterocycles. The fraction of sp³-hybridized carbons (Fsp3) is 0.385. The zero-order chi connectivity index (χ0) is 12.7. The molecule has 1 aromatic carbocycles. The van der Waals surface area contributed by atoms with E-state index in [0.717, 1.165) is 11.0 Å². The lowest BCUT2D eigenvalue weighted by Crippen LogP contribution is -2.33. The van der Waals surface area contributed by atoms with E-state index in [9.17, 15) is 4.79 Å². The van der Waals surface area contributed by atoms with Crippen molar-refractivity contribution in [1.29, 1.82) is 0 Å². The number of imidazole rings is 1. The quantitative estimate of drug-likeness (QED) is 0.895. The van der Waals surface area contributed by atoms with Gasteiger partial charge in [-0.2, -0.15) is 0 Å². The van der Waals surface area contributed by atoms with Crippen molar-refractivity contribution >= 4 is 28.5 Å². The van der Waals surface area contributed by atoms with Gasteiger partial charge in [0.1, 0.15) is 0 Å². The highest BCUT2D eigenvalue weighted by Crippen LogP contribution is 2.32. The minimum absolute atomic E-state index is 0.0398. The van der Waals surface area contributed by atoms with Gasteiger partial charge in [0.15, 0.2) is 0 Å². The van der Waals surface area contributed by atoms with Crippen LogP contribution in [0.15, 0.2) is 18.2 Å². The molecule has 2 N–H and O–H groups in total. The highest BCUT2D eigenvalue weighted by molar-refractivity contribution is 6.29. The highest BCUT2D eigenvalue weighted by Gasteiger charge is 2.29. The molecule has 0 unspecified atom stereocenters. The van der Waals surface area contributed by atoms with Crippen molar-refractivity contribution in [2.75, 3.05) is 0 Å². The highest BCUT2D eigenvalue weighted by atomic mass is 35.5. The predicted octanol–water partition coefficient (Wildman–Crippen LogP) is 2.74. The molecule has 5 heteroatoms. The van der Waals surface area contributed by atoms with E-state index in [-0.39, 0.29) is 11.9 Å². The Kier molecular flexibility index (Phi) is 2.74. The van der Waals surface area contributed by atoms with Crippen molar-refractivity contribution in [1.82, 2.24) is 15.3 Å². The molecular weight excluding hydrogens is 250 g/mol. The van der Waals surface area contributed by atoms with Gasteiger partial charge in [-0.15, -0.1) is 0 Å². The van der Waals surface area contributed by atoms with Crippen LogP contribution in [-0.4, -0.2) is 21.9 Å². The van der Waals surface area contributed by atoms with E-state index in [1.807, 2.05) is 0 Å². The number of benzene rings is 1. The smallest absolute Gasteiger partial charge is 0.251 e. The fourth-order valence-electron chi connectivity index (χ4n) is 2.12. The van der Waals surface area contributed by atoms with Crippen LogP contribution < -0.4 is 5.32 Å². The summed E-state index contributed by atoms with van der Waals surface area (Å²) in [6, 6.07) is 5.60. The number of aromatic nitrogens is 2. The van der Waals surface area contributed by atoms with Gasteiger partial charge in [0, 0.05) is 11.6 Å². The number of hydrogen-bond acceptors (Lipinski definition) is 2. The lowest BCUT2D eigenvalue weighted by Gasteiger charge is -2.12. The largest absolute Gasteiger partial charge is 0.349 e. The fourth-order valence-corrected chi connectivity index (χ4v) is 2.32. The van der Waals surface area contributed by atoms with E-state index in [1.54, 1.807) is 18.2 Å². The molecular formula is C13H14ClN3O. The summed E-state index contributed by atoms with van der Waals surface area (Å²) in [5, 5.41) is 3.36. The second-order valence-corrected chi connectivity index (χ2v) is 5.22. The predicted molar refractivity (Wildman–Crippen MR) is 70.8 cm³/mol. The first-order valence-corrected chi connectivity index (χ1v) is 6.47. The maximum Gasteiger partial charge on any atom is 0.251 e. The Balaban J connectivity index is 1.81. The number of carbonyl (C=O) groups is 1. The Bertz CT molecular complexity index is 603. The van der Waals surface area contributed by atoms with Crippen molar-refractivity contribution in [2.45, 2.75) is 25.8 Å². The number of nitrogens with one attached hydrogen (secondary N) is 2. The molecule has 0 spiro atoms. The average molecular weight is 264 g/mol. The molecule has 0 bridgehead atoms. The maximum atomic E-state index is 12.1. The summed E-state index contributed by atoms with van der Waals surface area (Å²) < 4.78 is 0. The van der Waals surface area contributed by atoms with Gasteiger partial charge in [-0.1, -0.05) is 0 Å². The molecule has 1 atom stereocenters. The van der Waals surface area contributed by atoms with Crippen molar-refractivity contribution < 1.29 is 4.79 Å². The minimum Gasteiger partial charge on any atom is -0.349 e. The minimum atomic E-state index is -0.0398. The maximum absolute atomic E-state index is 12.1. The molecule has 1 aliphatic carbocycles. The van der Waals surface area contributed by atoms with Crippen LogP contribution in [0.25, 0.3) is 11.0 Å². The van der Waals surface area contributed by atoms with Crippen LogP contribution >= 0.6 is 11.6 Å². The topological polar surface area (TPSA) is 57.8 Å². The van der Waals surface area contributed by atoms with Crippen LogP contribution in [0.5, 0.6) is 0 Å². The number of aromatic amines is 1. The Hall–Kier alpha value is -1.55. The Labute approximate surface area is 110 Å². The summed E-state index contributed by atoms with van der Waals surface area (Å²) in [4.78, 5) is 19.1. The van der Waals surface area contributed by atoms with Crippen LogP contribution in [-0.2, 0) is 0 Å². The zero-order valence-electron chi connectivity index (χ0n) is 10.0. The first kappa shape index (κ1) is 11.5. The molecule has 1 fully saturated rings. The van der Waals surface area contributed by atoms with Crippen LogP contribution in [0.3, 0.4) is 0 Å². The van der Waals surface area contributed by atoms with Crippen LogP contribution in [0.1, 0.15) is 30.1 Å². The van der Waals surface area contributed by atoms with E-state index in [2.05, 4.69) is 22.2 Å². The van der Waals surface area contributed by atoms with Crippen LogP contribution in [0, 0.1) is 5.92 Å². The van der Waals surface area contributed by atoms with E-state index in [1.165, 1.54) is 12.8 Å². The van der Waals surface area contributed by atoms with Gasteiger partial charge in [0.05, 0.1) is 11.0 Å². The monoisotopic (exact) mass is 263 g/mol. The molecule has 0 saturated heterocycles. The van der Waals surface area contributed by atoms with Gasteiger partial charge < -0.3 is 10.3 Å².